The Hall–Kier alpha value is -1.65. The number of amides is 1. The molecule has 5 heteroatoms. The predicted octanol–water partition coefficient (Wildman–Crippen LogP) is 2.68. The minimum Gasteiger partial charge on any atom is -0.444 e. The van der Waals surface area contributed by atoms with Gasteiger partial charge in [0, 0.05) is 32.0 Å². The number of carbonyl (C=O) groups is 1. The van der Waals surface area contributed by atoms with Gasteiger partial charge in [0.05, 0.1) is 0 Å². The number of nitrogens with zero attached hydrogens (tertiary/aromatic N) is 2. The lowest BCUT2D eigenvalue weighted by Crippen LogP contribution is -2.43. The first kappa shape index (κ1) is 14.8. The zero-order valence-electron chi connectivity index (χ0n) is 12.6. The van der Waals surface area contributed by atoms with Gasteiger partial charge in [-0.25, -0.2) is 4.79 Å². The predicted molar refractivity (Wildman–Crippen MR) is 79.2 cm³/mol. The molecule has 2 rings (SSSR count). The second-order valence-electron chi connectivity index (χ2n) is 6.36. The van der Waals surface area contributed by atoms with E-state index in [0.717, 1.165) is 32.5 Å². The molecule has 1 saturated heterocycles. The van der Waals surface area contributed by atoms with Crippen molar-refractivity contribution in [2.75, 3.05) is 25.1 Å². The van der Waals surface area contributed by atoms with Gasteiger partial charge in [0.15, 0.2) is 0 Å². The van der Waals surface area contributed by atoms with Crippen molar-refractivity contribution in [2.24, 2.45) is 5.92 Å². The Balaban J connectivity index is 1.71. The molecule has 112 valence electrons. The van der Waals surface area contributed by atoms with Gasteiger partial charge < -0.3 is 15.1 Å². The van der Waals surface area contributed by atoms with Crippen molar-refractivity contribution in [3.05, 3.63) is 24.5 Å². The third kappa shape index (κ3) is 4.47. The minimum atomic E-state index is -0.413. The molecule has 0 atom stereocenters. The van der Waals surface area contributed by atoms with Crippen molar-refractivity contribution in [1.82, 2.24) is 9.58 Å². The van der Waals surface area contributed by atoms with Gasteiger partial charge in [-0.1, -0.05) is 0 Å². The van der Waals surface area contributed by atoms with Crippen molar-refractivity contribution in [1.29, 1.82) is 0 Å². The number of likely N-dealkylation sites (tertiary alicyclic amines) is 1. The molecular weight excluding hydrogens is 254 g/mol. The molecule has 0 aromatic carbocycles. The maximum Gasteiger partial charge on any atom is 0.410 e. The SMILES string of the molecule is CC(C)(C)OC(=O)N1CCC(CNn2cccc2)CC1. The molecule has 1 aromatic heterocycles. The van der Waals surface area contributed by atoms with E-state index < -0.39 is 5.60 Å². The van der Waals surface area contributed by atoms with Crippen LogP contribution in [0.3, 0.4) is 0 Å². The van der Waals surface area contributed by atoms with Gasteiger partial charge in [0.25, 0.3) is 0 Å². The highest BCUT2D eigenvalue weighted by molar-refractivity contribution is 5.68. The van der Waals surface area contributed by atoms with E-state index in [1.54, 1.807) is 0 Å². The monoisotopic (exact) mass is 279 g/mol. The summed E-state index contributed by atoms with van der Waals surface area (Å²) in [6.45, 7) is 8.21. The normalized spacial score (nSPS) is 17.1. The van der Waals surface area contributed by atoms with Crippen molar-refractivity contribution >= 4 is 6.09 Å². The largest absolute Gasteiger partial charge is 0.444 e. The summed E-state index contributed by atoms with van der Waals surface area (Å²) >= 11 is 0. The maximum absolute atomic E-state index is 11.9. The van der Waals surface area contributed by atoms with Gasteiger partial charge in [-0.3, -0.25) is 4.68 Å². The number of nitrogens with one attached hydrogen (secondary N) is 1. The lowest BCUT2D eigenvalue weighted by atomic mass is 9.97. The van der Waals surface area contributed by atoms with Gasteiger partial charge in [-0.05, 0) is 51.7 Å². The van der Waals surface area contributed by atoms with E-state index >= 15 is 0 Å². The van der Waals surface area contributed by atoms with E-state index in [1.165, 1.54) is 0 Å². The molecule has 1 aliphatic heterocycles. The molecule has 1 aromatic rings. The van der Waals surface area contributed by atoms with Crippen LogP contribution in [0.5, 0.6) is 0 Å². The van der Waals surface area contributed by atoms with Crippen molar-refractivity contribution in [2.45, 2.75) is 39.2 Å². The van der Waals surface area contributed by atoms with E-state index in [4.69, 9.17) is 4.74 Å². The number of ether oxygens (including phenoxy) is 1. The smallest absolute Gasteiger partial charge is 0.410 e. The average molecular weight is 279 g/mol. The van der Waals surface area contributed by atoms with Crippen LogP contribution in [-0.2, 0) is 4.74 Å². The maximum atomic E-state index is 11.9. The summed E-state index contributed by atoms with van der Waals surface area (Å²) in [5.74, 6) is 0.607. The molecule has 20 heavy (non-hydrogen) atoms. The van der Waals surface area contributed by atoms with Crippen LogP contribution in [0.1, 0.15) is 33.6 Å². The first-order chi connectivity index (χ1) is 9.44. The van der Waals surface area contributed by atoms with Gasteiger partial charge in [0.2, 0.25) is 0 Å². The first-order valence-corrected chi connectivity index (χ1v) is 7.29. The lowest BCUT2D eigenvalue weighted by Gasteiger charge is -2.33. The molecular formula is C15H25N3O2. The molecule has 0 spiro atoms. The number of aromatic nitrogens is 1. The van der Waals surface area contributed by atoms with Gasteiger partial charge in [-0.2, -0.15) is 0 Å². The van der Waals surface area contributed by atoms with Crippen LogP contribution in [0, 0.1) is 5.92 Å². The summed E-state index contributed by atoms with van der Waals surface area (Å²) in [5.41, 5.74) is 2.95. The number of carbonyl (C=O) groups excluding carboxylic acids is 1. The molecule has 1 fully saturated rings. The Bertz CT molecular complexity index is 415. The third-order valence-electron chi connectivity index (χ3n) is 3.43. The second-order valence-corrected chi connectivity index (χ2v) is 6.36. The fourth-order valence-corrected chi connectivity index (χ4v) is 2.32. The highest BCUT2D eigenvalue weighted by Gasteiger charge is 2.26. The number of hydrogen-bond acceptors (Lipinski definition) is 3. The topological polar surface area (TPSA) is 46.5 Å². The quantitative estimate of drug-likeness (QED) is 0.925. The summed E-state index contributed by atoms with van der Waals surface area (Å²) in [4.78, 5) is 13.8. The second kappa shape index (κ2) is 6.20. The molecule has 0 aliphatic carbocycles. The number of rotatable bonds is 3. The molecule has 5 nitrogen and oxygen atoms in total. The zero-order chi connectivity index (χ0) is 14.6. The van der Waals surface area contributed by atoms with Crippen LogP contribution in [0.2, 0.25) is 0 Å². The van der Waals surface area contributed by atoms with Crippen LogP contribution in [0.15, 0.2) is 24.5 Å². The van der Waals surface area contributed by atoms with Gasteiger partial charge in [-0.15, -0.1) is 0 Å². The first-order valence-electron chi connectivity index (χ1n) is 7.29. The highest BCUT2D eigenvalue weighted by Crippen LogP contribution is 2.19. The van der Waals surface area contributed by atoms with E-state index in [0.29, 0.717) is 5.92 Å². The Labute approximate surface area is 120 Å². The molecule has 1 aliphatic rings. The number of piperidine rings is 1. The Morgan fingerprint density at radius 2 is 1.85 bits per heavy atom. The van der Waals surface area contributed by atoms with E-state index in [-0.39, 0.29) is 6.09 Å². The summed E-state index contributed by atoms with van der Waals surface area (Å²) < 4.78 is 7.37. The Morgan fingerprint density at radius 3 is 2.40 bits per heavy atom. The summed E-state index contributed by atoms with van der Waals surface area (Å²) in [6, 6.07) is 4.00. The highest BCUT2D eigenvalue weighted by atomic mass is 16.6. The molecule has 0 radical (unpaired) electrons. The Kier molecular flexibility index (Phi) is 4.57. The van der Waals surface area contributed by atoms with Crippen LogP contribution < -0.4 is 5.43 Å². The van der Waals surface area contributed by atoms with E-state index in [9.17, 15) is 4.79 Å². The van der Waals surface area contributed by atoms with Crippen LogP contribution >= 0.6 is 0 Å². The van der Waals surface area contributed by atoms with Crippen molar-refractivity contribution < 1.29 is 9.53 Å². The molecule has 2 heterocycles. The molecule has 1 N–H and O–H groups in total. The van der Waals surface area contributed by atoms with Gasteiger partial charge in [0.1, 0.15) is 5.60 Å². The zero-order valence-corrected chi connectivity index (χ0v) is 12.6. The molecule has 0 unspecified atom stereocenters. The van der Waals surface area contributed by atoms with Crippen molar-refractivity contribution in [3.63, 3.8) is 0 Å². The van der Waals surface area contributed by atoms with Crippen molar-refractivity contribution in [3.8, 4) is 0 Å². The molecule has 1 amide bonds. The standard InChI is InChI=1S/C15H25N3O2/c1-15(2,3)20-14(19)17-10-6-13(7-11-17)12-16-18-8-4-5-9-18/h4-5,8-9,13,16H,6-7,10-12H2,1-3H3. The van der Waals surface area contributed by atoms with Crippen LogP contribution in [0.4, 0.5) is 4.79 Å². The van der Waals surface area contributed by atoms with E-state index in [1.807, 2.05) is 54.9 Å². The third-order valence-corrected chi connectivity index (χ3v) is 3.43. The minimum absolute atomic E-state index is 0.186. The van der Waals surface area contributed by atoms with Crippen LogP contribution in [0.25, 0.3) is 0 Å². The summed E-state index contributed by atoms with van der Waals surface area (Å²) in [5, 5.41) is 0. The fourth-order valence-electron chi connectivity index (χ4n) is 2.32. The van der Waals surface area contributed by atoms with Gasteiger partial charge >= 0.3 is 6.09 Å². The summed E-state index contributed by atoms with van der Waals surface area (Å²) in [7, 11) is 0. The Morgan fingerprint density at radius 1 is 1.25 bits per heavy atom. The molecule has 0 bridgehead atoms. The molecule has 0 saturated carbocycles. The average Bonchev–Trinajstić information content (AvgIpc) is 2.88. The van der Waals surface area contributed by atoms with Crippen LogP contribution in [-0.4, -0.2) is 40.9 Å². The van der Waals surface area contributed by atoms with E-state index in [2.05, 4.69) is 5.43 Å². The lowest BCUT2D eigenvalue weighted by molar-refractivity contribution is 0.0187. The summed E-state index contributed by atoms with van der Waals surface area (Å²) in [6.07, 6.45) is 5.85. The fraction of sp³-hybridized carbons (Fsp3) is 0.667. The number of hydrogen-bond donors (Lipinski definition) is 1.